The van der Waals surface area contributed by atoms with E-state index in [1.54, 1.807) is 6.07 Å². The lowest BCUT2D eigenvalue weighted by molar-refractivity contribution is 0.467. The Kier molecular flexibility index (Phi) is 4.70. The van der Waals surface area contributed by atoms with Crippen molar-refractivity contribution in [1.82, 2.24) is 5.32 Å². The Balaban J connectivity index is 1.87. The SMILES string of the molecule is O=S1CCC(NCc2ccc(Br)cc2F)CC1. The summed E-state index contributed by atoms with van der Waals surface area (Å²) in [6.45, 7) is 0.538. The van der Waals surface area contributed by atoms with Crippen molar-refractivity contribution in [3.05, 3.63) is 34.1 Å². The van der Waals surface area contributed by atoms with Crippen LogP contribution >= 0.6 is 15.9 Å². The molecule has 1 aliphatic heterocycles. The topological polar surface area (TPSA) is 29.1 Å². The van der Waals surface area contributed by atoms with Crippen LogP contribution in [0.2, 0.25) is 0 Å². The van der Waals surface area contributed by atoms with E-state index in [1.807, 2.05) is 6.07 Å². The predicted molar refractivity (Wildman–Crippen MR) is 71.8 cm³/mol. The maximum absolute atomic E-state index is 13.5. The van der Waals surface area contributed by atoms with Gasteiger partial charge in [0.05, 0.1) is 0 Å². The third kappa shape index (κ3) is 3.86. The van der Waals surface area contributed by atoms with E-state index in [4.69, 9.17) is 0 Å². The van der Waals surface area contributed by atoms with E-state index in [-0.39, 0.29) is 5.82 Å². The predicted octanol–water partition coefficient (Wildman–Crippen LogP) is 2.59. The molecule has 0 aliphatic carbocycles. The van der Waals surface area contributed by atoms with Gasteiger partial charge in [-0.05, 0) is 25.0 Å². The molecule has 1 saturated heterocycles. The molecule has 2 rings (SSSR count). The second kappa shape index (κ2) is 6.07. The monoisotopic (exact) mass is 319 g/mol. The zero-order valence-corrected chi connectivity index (χ0v) is 11.8. The molecule has 0 aromatic heterocycles. The van der Waals surface area contributed by atoms with Gasteiger partial charge in [0.25, 0.3) is 0 Å². The van der Waals surface area contributed by atoms with Crippen molar-refractivity contribution in [2.45, 2.75) is 25.4 Å². The maximum atomic E-state index is 13.5. The average molecular weight is 320 g/mol. The third-order valence-corrected chi connectivity index (χ3v) is 4.86. The van der Waals surface area contributed by atoms with Gasteiger partial charge in [0.1, 0.15) is 5.82 Å². The van der Waals surface area contributed by atoms with Crippen LogP contribution in [0.15, 0.2) is 22.7 Å². The lowest BCUT2D eigenvalue weighted by Crippen LogP contribution is -2.35. The summed E-state index contributed by atoms with van der Waals surface area (Å²) in [7, 11) is -0.637. The molecule has 2 nitrogen and oxygen atoms in total. The molecule has 0 unspecified atom stereocenters. The molecular weight excluding hydrogens is 305 g/mol. The van der Waals surface area contributed by atoms with Crippen LogP contribution in [-0.2, 0) is 17.3 Å². The number of hydrogen-bond donors (Lipinski definition) is 1. The molecular formula is C12H15BrFNOS. The highest BCUT2D eigenvalue weighted by Gasteiger charge is 2.17. The van der Waals surface area contributed by atoms with E-state index in [0.717, 1.165) is 28.8 Å². The Morgan fingerprint density at radius 3 is 2.76 bits per heavy atom. The van der Waals surface area contributed by atoms with Crippen molar-refractivity contribution in [2.24, 2.45) is 0 Å². The number of benzene rings is 1. The fourth-order valence-corrected chi connectivity index (χ4v) is 3.55. The van der Waals surface area contributed by atoms with Gasteiger partial charge < -0.3 is 5.32 Å². The van der Waals surface area contributed by atoms with Gasteiger partial charge in [0.15, 0.2) is 0 Å². The molecule has 0 atom stereocenters. The van der Waals surface area contributed by atoms with Crippen molar-refractivity contribution < 1.29 is 8.60 Å². The van der Waals surface area contributed by atoms with E-state index in [1.165, 1.54) is 6.07 Å². The van der Waals surface area contributed by atoms with Crippen LogP contribution in [0.1, 0.15) is 18.4 Å². The Morgan fingerprint density at radius 2 is 2.12 bits per heavy atom. The summed E-state index contributed by atoms with van der Waals surface area (Å²) in [4.78, 5) is 0. The second-order valence-electron chi connectivity index (χ2n) is 4.24. The van der Waals surface area contributed by atoms with Gasteiger partial charge in [-0.1, -0.05) is 22.0 Å². The van der Waals surface area contributed by atoms with Gasteiger partial charge in [-0.2, -0.15) is 0 Å². The molecule has 94 valence electrons. The van der Waals surface area contributed by atoms with Gasteiger partial charge >= 0.3 is 0 Å². The molecule has 1 aromatic rings. The minimum Gasteiger partial charge on any atom is -0.310 e. The Morgan fingerprint density at radius 1 is 1.41 bits per heavy atom. The number of hydrogen-bond acceptors (Lipinski definition) is 2. The van der Waals surface area contributed by atoms with E-state index in [2.05, 4.69) is 21.2 Å². The van der Waals surface area contributed by atoms with Crippen LogP contribution in [0.4, 0.5) is 4.39 Å². The standard InChI is InChI=1S/C12H15BrFNOS/c13-10-2-1-9(12(14)7-10)8-15-11-3-5-17(16)6-4-11/h1-2,7,11,15H,3-6,8H2. The minimum absolute atomic E-state index is 0.189. The number of nitrogens with one attached hydrogen (secondary N) is 1. The smallest absolute Gasteiger partial charge is 0.128 e. The highest BCUT2D eigenvalue weighted by molar-refractivity contribution is 9.10. The molecule has 0 radical (unpaired) electrons. The summed E-state index contributed by atoms with van der Waals surface area (Å²) in [6, 6.07) is 5.48. The van der Waals surface area contributed by atoms with Crippen molar-refractivity contribution in [2.75, 3.05) is 11.5 Å². The van der Waals surface area contributed by atoms with E-state index >= 15 is 0 Å². The lowest BCUT2D eigenvalue weighted by atomic mass is 10.1. The number of rotatable bonds is 3. The largest absolute Gasteiger partial charge is 0.310 e. The van der Waals surface area contributed by atoms with E-state index in [9.17, 15) is 8.60 Å². The summed E-state index contributed by atoms with van der Waals surface area (Å²) >= 11 is 3.24. The van der Waals surface area contributed by atoms with Gasteiger partial charge in [-0.25, -0.2) is 4.39 Å². The van der Waals surface area contributed by atoms with Crippen LogP contribution in [0.3, 0.4) is 0 Å². The minimum atomic E-state index is -0.637. The summed E-state index contributed by atoms with van der Waals surface area (Å²) < 4.78 is 25.5. The zero-order chi connectivity index (χ0) is 12.3. The quantitative estimate of drug-likeness (QED) is 0.927. The third-order valence-electron chi connectivity index (χ3n) is 2.98. The fraction of sp³-hybridized carbons (Fsp3) is 0.500. The van der Waals surface area contributed by atoms with Gasteiger partial charge in [0.2, 0.25) is 0 Å². The molecule has 5 heteroatoms. The molecule has 0 amide bonds. The summed E-state index contributed by atoms with van der Waals surface area (Å²) in [5, 5.41) is 3.33. The van der Waals surface area contributed by atoms with Crippen LogP contribution in [-0.4, -0.2) is 21.8 Å². The fourth-order valence-electron chi connectivity index (χ4n) is 1.92. The van der Waals surface area contributed by atoms with Crippen LogP contribution in [0.5, 0.6) is 0 Å². The van der Waals surface area contributed by atoms with Crippen molar-refractivity contribution >= 4 is 26.7 Å². The first-order valence-electron chi connectivity index (χ1n) is 5.67. The molecule has 17 heavy (non-hydrogen) atoms. The van der Waals surface area contributed by atoms with Gasteiger partial charge in [-0.15, -0.1) is 0 Å². The van der Waals surface area contributed by atoms with Crippen molar-refractivity contribution in [3.8, 4) is 0 Å². The van der Waals surface area contributed by atoms with Gasteiger partial charge in [0, 0.05) is 44.9 Å². The Labute approximate surface area is 112 Å². The maximum Gasteiger partial charge on any atom is 0.128 e. The van der Waals surface area contributed by atoms with Crippen LogP contribution < -0.4 is 5.32 Å². The first-order chi connectivity index (χ1) is 8.15. The normalized spacial score (nSPS) is 24.8. The molecule has 0 saturated carbocycles. The molecule has 1 fully saturated rings. The Bertz CT molecular complexity index is 417. The number of halogens is 2. The first kappa shape index (κ1) is 13.2. The molecule has 0 bridgehead atoms. The molecule has 0 spiro atoms. The second-order valence-corrected chi connectivity index (χ2v) is 6.85. The summed E-state index contributed by atoms with van der Waals surface area (Å²) in [5.41, 5.74) is 0.680. The molecule has 1 aliphatic rings. The lowest BCUT2D eigenvalue weighted by Gasteiger charge is -2.22. The highest BCUT2D eigenvalue weighted by atomic mass is 79.9. The van der Waals surface area contributed by atoms with E-state index in [0.29, 0.717) is 18.2 Å². The average Bonchev–Trinajstić information content (AvgIpc) is 2.30. The summed E-state index contributed by atoms with van der Waals surface area (Å²) in [6.07, 6.45) is 1.84. The van der Waals surface area contributed by atoms with Crippen LogP contribution in [0.25, 0.3) is 0 Å². The molecule has 1 heterocycles. The van der Waals surface area contributed by atoms with Gasteiger partial charge in [-0.3, -0.25) is 4.21 Å². The summed E-state index contributed by atoms with van der Waals surface area (Å²) in [5.74, 6) is 1.34. The zero-order valence-electron chi connectivity index (χ0n) is 9.42. The van der Waals surface area contributed by atoms with E-state index < -0.39 is 10.8 Å². The molecule has 1 N–H and O–H groups in total. The van der Waals surface area contributed by atoms with Crippen molar-refractivity contribution in [1.29, 1.82) is 0 Å². The van der Waals surface area contributed by atoms with Crippen molar-refractivity contribution in [3.63, 3.8) is 0 Å². The molecule has 1 aromatic carbocycles. The van der Waals surface area contributed by atoms with Crippen LogP contribution in [0, 0.1) is 5.82 Å². The first-order valence-corrected chi connectivity index (χ1v) is 7.95. The Hall–Kier alpha value is -0.260. The highest BCUT2D eigenvalue weighted by Crippen LogP contribution is 2.16.